The van der Waals surface area contributed by atoms with E-state index in [1.54, 1.807) is 17.8 Å². The summed E-state index contributed by atoms with van der Waals surface area (Å²) in [7, 11) is 0. The second-order valence-corrected chi connectivity index (χ2v) is 12.4. The Labute approximate surface area is 222 Å². The predicted octanol–water partition coefficient (Wildman–Crippen LogP) is 1.51. The summed E-state index contributed by atoms with van der Waals surface area (Å²) in [6, 6.07) is 0. The summed E-state index contributed by atoms with van der Waals surface area (Å²) in [6.45, 7) is 1.85. The maximum Gasteiger partial charge on any atom is 0.330 e. The number of nitrogen functional groups attached to an aromatic ring is 1. The number of hydrogen-bond acceptors (Lipinski definition) is 11. The number of anilines is 1. The molecule has 3 aromatic heterocycles. The smallest absolute Gasteiger partial charge is 0.330 e. The summed E-state index contributed by atoms with van der Waals surface area (Å²) in [5.74, 6) is 0.276. The zero-order valence-corrected chi connectivity index (χ0v) is 22.8. The molecule has 0 radical (unpaired) electrons. The SMILES string of the molecule is CC[C@H]1O[C@@H](n2cnc3c(N)ncnc32)C[C@@H]1OP(O)(=S)OC[C@H]1O[C@@H](n2cc(C)c(=O)[nH]c2=O)C[C@@H]1C. The summed E-state index contributed by atoms with van der Waals surface area (Å²) in [5.41, 5.74) is 6.34. The van der Waals surface area contributed by atoms with Gasteiger partial charge >= 0.3 is 12.4 Å². The highest BCUT2D eigenvalue weighted by atomic mass is 32.5. The van der Waals surface area contributed by atoms with Gasteiger partial charge in [0.25, 0.3) is 5.56 Å². The molecular formula is C22H30N7O7PS. The Morgan fingerprint density at radius 2 is 1.95 bits per heavy atom. The highest BCUT2D eigenvalue weighted by Crippen LogP contribution is 2.50. The molecule has 2 fully saturated rings. The van der Waals surface area contributed by atoms with Crippen molar-refractivity contribution >= 4 is 35.5 Å². The first kappa shape index (κ1) is 27.1. The number of nitrogens with two attached hydrogens (primary N) is 1. The maximum absolute atomic E-state index is 12.3. The number of imidazole rings is 1. The van der Waals surface area contributed by atoms with E-state index < -0.39 is 42.6 Å². The summed E-state index contributed by atoms with van der Waals surface area (Å²) in [5, 5.41) is 0. The van der Waals surface area contributed by atoms with Gasteiger partial charge in [0.1, 0.15) is 24.3 Å². The summed E-state index contributed by atoms with van der Waals surface area (Å²) >= 11 is 5.32. The second-order valence-electron chi connectivity index (χ2n) is 9.59. The lowest BCUT2D eigenvalue weighted by Crippen LogP contribution is -2.33. The van der Waals surface area contributed by atoms with Crippen LogP contribution in [0.4, 0.5) is 5.82 Å². The Morgan fingerprint density at radius 3 is 2.71 bits per heavy atom. The van der Waals surface area contributed by atoms with Gasteiger partial charge in [-0.15, -0.1) is 0 Å². The lowest BCUT2D eigenvalue weighted by Gasteiger charge is -2.24. The topological polar surface area (TPSA) is 182 Å². The number of hydrogen-bond donors (Lipinski definition) is 3. The number of aryl methyl sites for hydroxylation is 1. The van der Waals surface area contributed by atoms with E-state index in [4.69, 9.17) is 36.1 Å². The monoisotopic (exact) mass is 567 g/mol. The number of rotatable bonds is 8. The quantitative estimate of drug-likeness (QED) is 0.334. The lowest BCUT2D eigenvalue weighted by atomic mass is 10.0. The fourth-order valence-corrected chi connectivity index (χ4v) is 6.31. The number of fused-ring (bicyclic) bond motifs is 1. The van der Waals surface area contributed by atoms with Crippen molar-refractivity contribution in [3.8, 4) is 0 Å². The molecule has 0 aliphatic carbocycles. The van der Waals surface area contributed by atoms with Crippen LogP contribution in [0.15, 0.2) is 28.4 Å². The van der Waals surface area contributed by atoms with Crippen molar-refractivity contribution in [3.05, 3.63) is 45.3 Å². The first-order valence-electron chi connectivity index (χ1n) is 12.3. The maximum atomic E-state index is 12.3. The summed E-state index contributed by atoms with van der Waals surface area (Å²) < 4.78 is 26.9. The summed E-state index contributed by atoms with van der Waals surface area (Å²) in [4.78, 5) is 49.6. The largest absolute Gasteiger partial charge is 0.382 e. The van der Waals surface area contributed by atoms with Gasteiger partial charge in [0.05, 0.1) is 31.2 Å². The number of H-pyrrole nitrogens is 1. The van der Waals surface area contributed by atoms with Crippen LogP contribution in [0.2, 0.25) is 0 Å². The minimum atomic E-state index is -3.66. The molecule has 206 valence electrons. The molecule has 4 N–H and O–H groups in total. The van der Waals surface area contributed by atoms with Crippen molar-refractivity contribution < 1.29 is 23.4 Å². The fourth-order valence-electron chi connectivity index (χ4n) is 4.84. The Morgan fingerprint density at radius 1 is 1.21 bits per heavy atom. The first-order valence-corrected chi connectivity index (χ1v) is 14.9. The fraction of sp³-hybridized carbons (Fsp3) is 0.591. The molecule has 14 nitrogen and oxygen atoms in total. The number of nitrogens with one attached hydrogen (secondary N) is 1. The van der Waals surface area contributed by atoms with Crippen LogP contribution >= 0.6 is 6.72 Å². The molecule has 0 saturated carbocycles. The number of nitrogens with zero attached hydrogens (tertiary/aromatic N) is 5. The van der Waals surface area contributed by atoms with E-state index in [1.807, 2.05) is 13.8 Å². The van der Waals surface area contributed by atoms with E-state index in [9.17, 15) is 14.5 Å². The predicted molar refractivity (Wildman–Crippen MR) is 140 cm³/mol. The second kappa shape index (κ2) is 10.6. The van der Waals surface area contributed by atoms with E-state index in [0.717, 1.165) is 0 Å². The third-order valence-corrected chi connectivity index (χ3v) is 8.53. The van der Waals surface area contributed by atoms with Crippen molar-refractivity contribution in [3.63, 3.8) is 0 Å². The highest BCUT2D eigenvalue weighted by molar-refractivity contribution is 8.07. The van der Waals surface area contributed by atoms with Gasteiger partial charge in [0.15, 0.2) is 11.5 Å². The normalized spacial score (nSPS) is 29.2. The van der Waals surface area contributed by atoms with E-state index in [1.165, 1.54) is 17.1 Å². The summed E-state index contributed by atoms with van der Waals surface area (Å²) in [6.07, 6.45) is 3.66. The van der Waals surface area contributed by atoms with Gasteiger partial charge in [-0.25, -0.2) is 19.7 Å². The molecule has 2 aliphatic rings. The van der Waals surface area contributed by atoms with Gasteiger partial charge in [-0.05, 0) is 37.5 Å². The van der Waals surface area contributed by atoms with Crippen molar-refractivity contribution in [1.82, 2.24) is 29.1 Å². The van der Waals surface area contributed by atoms with Crippen LogP contribution in [0.1, 0.15) is 51.1 Å². The van der Waals surface area contributed by atoms with E-state index in [-0.39, 0.29) is 24.4 Å². The molecule has 16 heteroatoms. The van der Waals surface area contributed by atoms with E-state index in [2.05, 4.69) is 19.9 Å². The average molecular weight is 568 g/mol. The third-order valence-electron chi connectivity index (χ3n) is 6.95. The molecular weight excluding hydrogens is 537 g/mol. The standard InChI is InChI=1S/C22H30N7O7PS/c1-4-13-14(6-17(34-13)29-10-26-18-19(23)24-9-25-20(18)29)36-37(32,38)33-8-15-11(2)5-16(35-15)28-7-12(3)21(30)27-22(28)31/h7,9-11,13-17H,4-6,8H2,1-3H3,(H,32,38)(H2,23,24,25)(H,27,30,31)/t11-,13+,14-,15+,16+,17+,37?/m0/s1. The van der Waals surface area contributed by atoms with Crippen LogP contribution in [-0.4, -0.2) is 58.9 Å². The Kier molecular flexibility index (Phi) is 7.52. The van der Waals surface area contributed by atoms with Crippen molar-refractivity contribution in [2.45, 2.75) is 70.8 Å². The van der Waals surface area contributed by atoms with Crippen LogP contribution in [0.5, 0.6) is 0 Å². The van der Waals surface area contributed by atoms with Crippen molar-refractivity contribution in [1.29, 1.82) is 0 Å². The molecule has 5 rings (SSSR count). The Bertz CT molecular complexity index is 1490. The van der Waals surface area contributed by atoms with E-state index >= 15 is 0 Å². The Balaban J connectivity index is 1.22. The molecule has 1 unspecified atom stereocenters. The average Bonchev–Trinajstić information content (AvgIpc) is 3.57. The number of aromatic amines is 1. The molecule has 7 atom stereocenters. The van der Waals surface area contributed by atoms with Crippen molar-refractivity contribution in [2.75, 3.05) is 12.3 Å². The van der Waals surface area contributed by atoms with Crippen LogP contribution in [-0.2, 0) is 30.3 Å². The van der Waals surface area contributed by atoms with Crippen LogP contribution in [0.25, 0.3) is 11.2 Å². The van der Waals surface area contributed by atoms with Gasteiger partial charge in [0, 0.05) is 18.2 Å². The minimum absolute atomic E-state index is 0.000617. The molecule has 0 spiro atoms. The highest BCUT2D eigenvalue weighted by Gasteiger charge is 2.41. The van der Waals surface area contributed by atoms with Gasteiger partial charge in [0.2, 0.25) is 0 Å². The molecule has 0 bridgehead atoms. The molecule has 3 aromatic rings. The van der Waals surface area contributed by atoms with Gasteiger partial charge in [-0.3, -0.25) is 18.9 Å². The number of ether oxygens (including phenoxy) is 2. The van der Waals surface area contributed by atoms with Gasteiger partial charge < -0.3 is 29.1 Å². The molecule has 38 heavy (non-hydrogen) atoms. The third kappa shape index (κ3) is 5.32. The van der Waals surface area contributed by atoms with E-state index in [0.29, 0.717) is 36.0 Å². The first-order chi connectivity index (χ1) is 18.1. The molecule has 5 heterocycles. The zero-order chi connectivity index (χ0) is 27.2. The lowest BCUT2D eigenvalue weighted by molar-refractivity contribution is -0.0349. The number of aromatic nitrogens is 6. The van der Waals surface area contributed by atoms with Crippen LogP contribution in [0, 0.1) is 12.8 Å². The minimum Gasteiger partial charge on any atom is -0.382 e. The molecule has 2 aliphatic heterocycles. The van der Waals surface area contributed by atoms with Crippen LogP contribution < -0.4 is 17.0 Å². The van der Waals surface area contributed by atoms with Crippen LogP contribution in [0.3, 0.4) is 0 Å². The van der Waals surface area contributed by atoms with Crippen molar-refractivity contribution in [2.24, 2.45) is 5.92 Å². The Hall–Kier alpha value is -2.52. The zero-order valence-electron chi connectivity index (χ0n) is 21.1. The van der Waals surface area contributed by atoms with Gasteiger partial charge in [-0.1, -0.05) is 13.8 Å². The molecule has 2 saturated heterocycles. The molecule has 0 amide bonds. The molecule has 0 aromatic carbocycles. The van der Waals surface area contributed by atoms with Gasteiger partial charge in [-0.2, -0.15) is 0 Å².